The number of methoxy groups -OCH3 is 1. The van der Waals surface area contributed by atoms with E-state index < -0.39 is 12.1 Å². The van der Waals surface area contributed by atoms with Gasteiger partial charge in [-0.25, -0.2) is 29.1 Å². The van der Waals surface area contributed by atoms with Crippen LogP contribution in [0.5, 0.6) is 17.4 Å². The molecule has 15 heteroatoms. The zero-order valence-electron chi connectivity index (χ0n) is 34.6. The minimum Gasteiger partial charge on any atom is -0.496 e. The number of likely N-dealkylation sites (N-methyl/N-ethyl adjacent to an activating group) is 1. The fourth-order valence-electron chi connectivity index (χ4n) is 7.60. The van der Waals surface area contributed by atoms with Crippen molar-refractivity contribution in [2.24, 2.45) is 0 Å². The highest BCUT2D eigenvalue weighted by atomic mass is 35.5. The number of benzene rings is 3. The van der Waals surface area contributed by atoms with Crippen molar-refractivity contribution in [3.05, 3.63) is 125 Å². The average Bonchev–Trinajstić information content (AvgIpc) is 3.68. The maximum absolute atomic E-state index is 14.2. The molecule has 0 radical (unpaired) electrons. The van der Waals surface area contributed by atoms with Gasteiger partial charge >= 0.3 is 5.97 Å². The quantitative estimate of drug-likeness (QED) is 0.0994. The third-order valence-corrected chi connectivity index (χ3v) is 12.6. The molecule has 8 rings (SSSR count). The van der Waals surface area contributed by atoms with E-state index in [1.807, 2.05) is 55.5 Å². The molecule has 1 N–H and O–H groups in total. The molecule has 12 nitrogen and oxygen atoms in total. The number of carbonyl (C=O) groups is 1. The van der Waals surface area contributed by atoms with Crippen LogP contribution < -0.4 is 14.2 Å². The molecule has 1 aliphatic carbocycles. The van der Waals surface area contributed by atoms with E-state index in [0.717, 1.165) is 66.3 Å². The fraction of sp³-hybridized carbons (Fsp3) is 0.298. The lowest BCUT2D eigenvalue weighted by atomic mass is 9.95. The van der Waals surface area contributed by atoms with Crippen molar-refractivity contribution in [2.45, 2.75) is 38.9 Å². The molecule has 320 valence electrons. The summed E-state index contributed by atoms with van der Waals surface area (Å²) in [5, 5.41) is 11.6. The van der Waals surface area contributed by atoms with Crippen LogP contribution in [-0.4, -0.2) is 100 Å². The second kappa shape index (κ2) is 19.4. The number of aromatic nitrogens is 4. The van der Waals surface area contributed by atoms with Crippen LogP contribution in [0.3, 0.4) is 0 Å². The number of ether oxygens (including phenoxy) is 4. The van der Waals surface area contributed by atoms with Crippen LogP contribution in [0.1, 0.15) is 30.5 Å². The maximum atomic E-state index is 14.2. The molecule has 6 aromatic rings. The highest BCUT2D eigenvalue weighted by Crippen LogP contribution is 2.49. The maximum Gasteiger partial charge on any atom is 0.345 e. The first kappa shape index (κ1) is 42.7. The van der Waals surface area contributed by atoms with Crippen LogP contribution in [0.4, 0.5) is 4.39 Å². The van der Waals surface area contributed by atoms with Crippen molar-refractivity contribution in [1.29, 1.82) is 0 Å². The summed E-state index contributed by atoms with van der Waals surface area (Å²) in [6.45, 7) is 7.32. The fourth-order valence-corrected chi connectivity index (χ4v) is 8.97. The molecule has 3 aromatic carbocycles. The summed E-state index contributed by atoms with van der Waals surface area (Å²) in [6, 6.07) is 19.3. The first-order valence-corrected chi connectivity index (χ1v) is 21.6. The third-order valence-electron chi connectivity index (χ3n) is 11.0. The number of rotatable bonds is 16. The molecule has 0 amide bonds. The monoisotopic (exact) mass is 876 g/mol. The molecule has 1 atom stereocenters. The Labute approximate surface area is 368 Å². The molecule has 3 aromatic heterocycles. The number of piperazine rings is 1. The standard InChI is InChI=1S/C47H46ClFN6O6S/c1-29-34(16-17-38(42(29)48)59-25-24-55-22-20-54(2)21-23-55)40-41-45(51-28-52-46(41)62-43(40)30-12-14-32(49)15-13-30)61-39(47(56)57)26-31-8-4-6-10-36(31)60-27-33-18-19-50-44(53-33)35-9-5-7-11-37(35)58-3/h5,7-19,28,39H,4,6,20-27H2,1-3H3,(H,56,57). The zero-order chi connectivity index (χ0) is 43.2. The van der Waals surface area contributed by atoms with Crippen LogP contribution in [0, 0.1) is 12.7 Å². The van der Waals surface area contributed by atoms with E-state index in [1.165, 1.54) is 29.8 Å². The summed E-state index contributed by atoms with van der Waals surface area (Å²) in [6.07, 6.45) is 7.06. The molecule has 1 aliphatic heterocycles. The zero-order valence-corrected chi connectivity index (χ0v) is 36.2. The van der Waals surface area contributed by atoms with Crippen LogP contribution >= 0.6 is 22.9 Å². The second-order valence-corrected chi connectivity index (χ2v) is 16.5. The van der Waals surface area contributed by atoms with Gasteiger partial charge in [-0.1, -0.05) is 48.0 Å². The molecular weight excluding hydrogens is 831 g/mol. The van der Waals surface area contributed by atoms with E-state index in [2.05, 4.69) is 31.8 Å². The summed E-state index contributed by atoms with van der Waals surface area (Å²) in [5.74, 6) is 0.827. The number of halogens is 2. The highest BCUT2D eigenvalue weighted by Gasteiger charge is 2.29. The molecule has 62 heavy (non-hydrogen) atoms. The van der Waals surface area contributed by atoms with Gasteiger partial charge in [-0.3, -0.25) is 4.90 Å². The lowest BCUT2D eigenvalue weighted by Gasteiger charge is -2.32. The van der Waals surface area contributed by atoms with Crippen LogP contribution in [-0.2, 0) is 16.1 Å². The topological polar surface area (TPSA) is 132 Å². The van der Waals surface area contributed by atoms with Crippen molar-refractivity contribution < 1.29 is 33.2 Å². The molecule has 1 unspecified atom stereocenters. The first-order valence-electron chi connectivity index (χ1n) is 20.4. The van der Waals surface area contributed by atoms with Crippen LogP contribution in [0.15, 0.2) is 103 Å². The van der Waals surface area contributed by atoms with Gasteiger partial charge in [-0.2, -0.15) is 0 Å². The van der Waals surface area contributed by atoms with Crippen LogP contribution in [0.25, 0.3) is 43.2 Å². The number of hydrogen-bond acceptors (Lipinski definition) is 12. The minimum absolute atomic E-state index is 0.00177. The average molecular weight is 877 g/mol. The van der Waals surface area contributed by atoms with E-state index in [9.17, 15) is 14.3 Å². The molecule has 4 heterocycles. The van der Waals surface area contributed by atoms with Gasteiger partial charge in [0.15, 0.2) is 5.82 Å². The Morgan fingerprint density at radius 2 is 1.73 bits per heavy atom. The predicted octanol–water partition coefficient (Wildman–Crippen LogP) is 9.26. The van der Waals surface area contributed by atoms with Crippen molar-refractivity contribution in [3.8, 4) is 50.3 Å². The van der Waals surface area contributed by atoms with E-state index in [1.54, 1.807) is 31.5 Å². The summed E-state index contributed by atoms with van der Waals surface area (Å²) in [4.78, 5) is 37.3. The Morgan fingerprint density at radius 1 is 0.935 bits per heavy atom. The summed E-state index contributed by atoms with van der Waals surface area (Å²) in [5.41, 5.74) is 5.02. The van der Waals surface area contributed by atoms with Gasteiger partial charge in [0.2, 0.25) is 12.0 Å². The Bertz CT molecular complexity index is 2630. The Hall–Kier alpha value is -5.93. The minimum atomic E-state index is -1.34. The van der Waals surface area contributed by atoms with E-state index in [4.69, 9.17) is 35.5 Å². The molecule has 1 saturated heterocycles. The number of hydrogen-bond donors (Lipinski definition) is 1. The summed E-state index contributed by atoms with van der Waals surface area (Å²) < 4.78 is 38.7. The van der Waals surface area contributed by atoms with Gasteiger partial charge in [0.25, 0.3) is 0 Å². The van der Waals surface area contributed by atoms with Crippen molar-refractivity contribution in [3.63, 3.8) is 0 Å². The number of nitrogens with zero attached hydrogens (tertiary/aromatic N) is 6. The van der Waals surface area contributed by atoms with Crippen LogP contribution in [0.2, 0.25) is 5.02 Å². The molecule has 0 bridgehead atoms. The van der Waals surface area contributed by atoms with Crippen molar-refractivity contribution in [2.75, 3.05) is 53.5 Å². The molecular formula is C47H46ClFN6O6S. The normalized spacial score (nSPS) is 15.2. The lowest BCUT2D eigenvalue weighted by molar-refractivity contribution is -0.145. The Kier molecular flexibility index (Phi) is 13.4. The van der Waals surface area contributed by atoms with E-state index in [-0.39, 0.29) is 24.7 Å². The lowest BCUT2D eigenvalue weighted by Crippen LogP contribution is -2.45. The highest BCUT2D eigenvalue weighted by molar-refractivity contribution is 7.22. The number of aliphatic carboxylic acids is 1. The van der Waals surface area contributed by atoms with Crippen molar-refractivity contribution >= 4 is 39.1 Å². The Balaban J connectivity index is 1.06. The smallest absolute Gasteiger partial charge is 0.345 e. The van der Waals surface area contributed by atoms with Crippen molar-refractivity contribution in [1.82, 2.24) is 29.7 Å². The summed E-state index contributed by atoms with van der Waals surface area (Å²) >= 11 is 8.44. The van der Waals surface area contributed by atoms with Gasteiger partial charge in [-0.15, -0.1) is 11.3 Å². The number of para-hydroxylation sites is 1. The van der Waals surface area contributed by atoms with Gasteiger partial charge in [0, 0.05) is 55.8 Å². The Morgan fingerprint density at radius 3 is 2.52 bits per heavy atom. The molecule has 1 fully saturated rings. The molecule has 0 spiro atoms. The number of carboxylic acids is 1. The van der Waals surface area contributed by atoms with Gasteiger partial charge in [0.05, 0.1) is 28.8 Å². The SMILES string of the molecule is COc1ccccc1-c1nccc(COC2=CCCC=C2CC(Oc2ncnc3sc(-c4ccc(F)cc4)c(-c4ccc(OCCN5CCN(C)CC5)c(Cl)c4C)c23)C(=O)O)n1. The van der Waals surface area contributed by atoms with Gasteiger partial charge in [0.1, 0.15) is 47.4 Å². The van der Waals surface area contributed by atoms with E-state index in [0.29, 0.717) is 68.2 Å². The molecule has 2 aliphatic rings. The number of fused-ring (bicyclic) bond motifs is 1. The number of allylic oxidation sites excluding steroid dienone is 3. The largest absolute Gasteiger partial charge is 0.496 e. The molecule has 0 saturated carbocycles. The van der Waals surface area contributed by atoms with E-state index >= 15 is 0 Å². The van der Waals surface area contributed by atoms with Gasteiger partial charge in [-0.05, 0) is 91.6 Å². The predicted molar refractivity (Wildman–Crippen MR) is 238 cm³/mol. The third kappa shape index (κ3) is 9.58. The van der Waals surface area contributed by atoms with Gasteiger partial charge < -0.3 is 29.0 Å². The number of carboxylic acid groups (broad SMARTS) is 1. The number of thiophene rings is 1. The second-order valence-electron chi connectivity index (χ2n) is 15.1. The first-order chi connectivity index (χ1) is 30.2. The summed E-state index contributed by atoms with van der Waals surface area (Å²) in [7, 11) is 3.73.